The number of amides is 1. The van der Waals surface area contributed by atoms with E-state index in [0.717, 1.165) is 12.1 Å². The maximum atomic E-state index is 11.9. The van der Waals surface area contributed by atoms with Crippen molar-refractivity contribution < 1.29 is 4.79 Å². The van der Waals surface area contributed by atoms with Gasteiger partial charge in [0.2, 0.25) is 0 Å². The first-order chi connectivity index (χ1) is 8.47. The van der Waals surface area contributed by atoms with Crippen LogP contribution < -0.4 is 5.32 Å². The van der Waals surface area contributed by atoms with E-state index in [0.29, 0.717) is 13.1 Å². The Labute approximate surface area is 117 Å². The van der Waals surface area contributed by atoms with Crippen LogP contribution in [-0.4, -0.2) is 34.3 Å². The number of benzene rings is 1. The van der Waals surface area contributed by atoms with Crippen LogP contribution in [0.5, 0.6) is 0 Å². The second-order valence-electron chi connectivity index (χ2n) is 4.64. The fraction of sp³-hybridized carbons (Fsp3) is 0.462. The number of nitrogens with one attached hydrogen (secondary N) is 1. The minimum absolute atomic E-state index is 0.219. The van der Waals surface area contributed by atoms with Crippen LogP contribution in [0.1, 0.15) is 13.3 Å². The lowest BCUT2D eigenvalue weighted by molar-refractivity contribution is -0.130. The van der Waals surface area contributed by atoms with Gasteiger partial charge in [0, 0.05) is 24.8 Å². The first-order valence-electron chi connectivity index (χ1n) is 5.95. The van der Waals surface area contributed by atoms with Crippen LogP contribution in [-0.2, 0) is 4.79 Å². The highest BCUT2D eigenvalue weighted by molar-refractivity contribution is 6.57. The van der Waals surface area contributed by atoms with Crippen LogP contribution in [0.15, 0.2) is 30.3 Å². The number of carbonyl (C=O) groups excluding carboxylic acids is 1. The molecule has 0 saturated carbocycles. The van der Waals surface area contributed by atoms with E-state index in [2.05, 4.69) is 5.32 Å². The lowest BCUT2D eigenvalue weighted by Gasteiger charge is -2.22. The van der Waals surface area contributed by atoms with Gasteiger partial charge >= 0.3 is 0 Å². The zero-order valence-electron chi connectivity index (χ0n) is 10.2. The molecule has 18 heavy (non-hydrogen) atoms. The third-order valence-corrected chi connectivity index (χ3v) is 3.32. The fourth-order valence-electron chi connectivity index (χ4n) is 2.11. The zero-order valence-corrected chi connectivity index (χ0v) is 11.7. The van der Waals surface area contributed by atoms with E-state index in [9.17, 15) is 4.79 Å². The van der Waals surface area contributed by atoms with Crippen LogP contribution in [0, 0.1) is 0 Å². The quantitative estimate of drug-likeness (QED) is 0.867. The standard InChI is InChI=1S/C13H16Cl2N2O/c1-13(14,15)12(18)17-8-7-11(9-17)16-10-5-3-2-4-6-10/h2-6,11,16H,7-9H2,1H3. The van der Waals surface area contributed by atoms with Crippen molar-refractivity contribution in [2.45, 2.75) is 23.7 Å². The van der Waals surface area contributed by atoms with Gasteiger partial charge in [-0.1, -0.05) is 41.4 Å². The number of para-hydroxylation sites is 1. The van der Waals surface area contributed by atoms with E-state index in [1.807, 2.05) is 30.3 Å². The van der Waals surface area contributed by atoms with Crippen LogP contribution in [0.4, 0.5) is 5.69 Å². The Morgan fingerprint density at radius 2 is 2.06 bits per heavy atom. The van der Waals surface area contributed by atoms with Gasteiger partial charge in [0.15, 0.2) is 4.33 Å². The number of rotatable bonds is 3. The molecule has 1 N–H and O–H groups in total. The molecule has 0 bridgehead atoms. The van der Waals surface area contributed by atoms with Crippen molar-refractivity contribution in [3.8, 4) is 0 Å². The molecule has 0 radical (unpaired) electrons. The van der Waals surface area contributed by atoms with Crippen molar-refractivity contribution in [1.82, 2.24) is 4.90 Å². The Morgan fingerprint density at radius 1 is 1.39 bits per heavy atom. The Hall–Kier alpha value is -0.930. The van der Waals surface area contributed by atoms with E-state index in [1.54, 1.807) is 4.90 Å². The largest absolute Gasteiger partial charge is 0.380 e. The third-order valence-electron chi connectivity index (χ3n) is 3.00. The van der Waals surface area contributed by atoms with Crippen molar-refractivity contribution in [3.63, 3.8) is 0 Å². The molecule has 5 heteroatoms. The highest BCUT2D eigenvalue weighted by atomic mass is 35.5. The summed E-state index contributed by atoms with van der Waals surface area (Å²) in [4.78, 5) is 13.6. The summed E-state index contributed by atoms with van der Waals surface area (Å²) in [6.45, 7) is 2.84. The zero-order chi connectivity index (χ0) is 13.2. The van der Waals surface area contributed by atoms with Crippen LogP contribution >= 0.6 is 23.2 Å². The van der Waals surface area contributed by atoms with Gasteiger partial charge < -0.3 is 10.2 Å². The fourth-order valence-corrected chi connectivity index (χ4v) is 2.35. The van der Waals surface area contributed by atoms with Gasteiger partial charge in [0.05, 0.1) is 0 Å². The molecule has 1 heterocycles. The van der Waals surface area contributed by atoms with E-state index < -0.39 is 4.33 Å². The van der Waals surface area contributed by atoms with Crippen LogP contribution in [0.25, 0.3) is 0 Å². The maximum Gasteiger partial charge on any atom is 0.258 e. The lowest BCUT2D eigenvalue weighted by atomic mass is 10.2. The summed E-state index contributed by atoms with van der Waals surface area (Å²) in [7, 11) is 0. The smallest absolute Gasteiger partial charge is 0.258 e. The minimum Gasteiger partial charge on any atom is -0.380 e. The van der Waals surface area contributed by atoms with Gasteiger partial charge in [0.1, 0.15) is 0 Å². The first kappa shape index (κ1) is 13.5. The predicted molar refractivity (Wildman–Crippen MR) is 75.2 cm³/mol. The second kappa shape index (κ2) is 5.37. The molecule has 1 aliphatic rings. The van der Waals surface area contributed by atoms with E-state index in [4.69, 9.17) is 23.2 Å². The number of nitrogens with zero attached hydrogens (tertiary/aromatic N) is 1. The molecule has 0 aliphatic carbocycles. The molecule has 3 nitrogen and oxygen atoms in total. The average molecular weight is 287 g/mol. The summed E-state index contributed by atoms with van der Waals surface area (Å²) in [5.41, 5.74) is 1.07. The Kier molecular flexibility index (Phi) is 4.03. The van der Waals surface area contributed by atoms with Crippen molar-refractivity contribution in [2.24, 2.45) is 0 Å². The SMILES string of the molecule is CC(Cl)(Cl)C(=O)N1CCC(Nc2ccccc2)C1. The highest BCUT2D eigenvalue weighted by Crippen LogP contribution is 2.25. The first-order valence-corrected chi connectivity index (χ1v) is 6.71. The molecule has 1 unspecified atom stereocenters. The minimum atomic E-state index is -1.33. The molecule has 2 rings (SSSR count). The summed E-state index contributed by atoms with van der Waals surface area (Å²) < 4.78 is -1.33. The average Bonchev–Trinajstić information content (AvgIpc) is 2.76. The third kappa shape index (κ3) is 3.30. The molecule has 1 aliphatic heterocycles. The Morgan fingerprint density at radius 3 is 2.67 bits per heavy atom. The molecule has 0 spiro atoms. The van der Waals surface area contributed by atoms with E-state index in [-0.39, 0.29) is 11.9 Å². The van der Waals surface area contributed by atoms with Gasteiger partial charge in [-0.15, -0.1) is 0 Å². The van der Waals surface area contributed by atoms with Gasteiger partial charge in [-0.2, -0.15) is 0 Å². The van der Waals surface area contributed by atoms with Gasteiger partial charge in [0.25, 0.3) is 5.91 Å². The van der Waals surface area contributed by atoms with Crippen LogP contribution in [0.3, 0.4) is 0 Å². The number of hydrogen-bond donors (Lipinski definition) is 1. The summed E-state index contributed by atoms with van der Waals surface area (Å²) in [5.74, 6) is -0.219. The molecule has 1 atom stereocenters. The lowest BCUT2D eigenvalue weighted by Crippen LogP contribution is -2.40. The van der Waals surface area contributed by atoms with Gasteiger partial charge in [-0.3, -0.25) is 4.79 Å². The number of carbonyl (C=O) groups is 1. The molecular formula is C13H16Cl2N2O. The molecule has 1 fully saturated rings. The molecule has 1 aromatic rings. The normalized spacial score (nSPS) is 19.9. The molecule has 0 aromatic heterocycles. The molecular weight excluding hydrogens is 271 g/mol. The van der Waals surface area contributed by atoms with Gasteiger partial charge in [-0.05, 0) is 25.5 Å². The summed E-state index contributed by atoms with van der Waals surface area (Å²) >= 11 is 11.7. The van der Waals surface area contributed by atoms with Crippen molar-refractivity contribution >= 4 is 34.8 Å². The number of halogens is 2. The Balaban J connectivity index is 1.91. The van der Waals surface area contributed by atoms with Crippen LogP contribution in [0.2, 0.25) is 0 Å². The topological polar surface area (TPSA) is 32.3 Å². The molecule has 1 amide bonds. The number of likely N-dealkylation sites (tertiary alicyclic amines) is 1. The van der Waals surface area contributed by atoms with Gasteiger partial charge in [-0.25, -0.2) is 0 Å². The molecule has 1 aromatic carbocycles. The monoisotopic (exact) mass is 286 g/mol. The van der Waals surface area contributed by atoms with E-state index >= 15 is 0 Å². The van der Waals surface area contributed by atoms with Crippen molar-refractivity contribution in [1.29, 1.82) is 0 Å². The summed E-state index contributed by atoms with van der Waals surface area (Å²) in [6.07, 6.45) is 0.907. The highest BCUT2D eigenvalue weighted by Gasteiger charge is 2.36. The predicted octanol–water partition coefficient (Wildman–Crippen LogP) is 2.89. The Bertz CT molecular complexity index is 417. The number of anilines is 1. The maximum absolute atomic E-state index is 11.9. The summed E-state index contributed by atoms with van der Waals surface area (Å²) in [5, 5.41) is 3.40. The summed E-state index contributed by atoms with van der Waals surface area (Å²) in [6, 6.07) is 10.2. The number of alkyl halides is 2. The molecule has 1 saturated heterocycles. The van der Waals surface area contributed by atoms with Crippen molar-refractivity contribution in [2.75, 3.05) is 18.4 Å². The number of hydrogen-bond acceptors (Lipinski definition) is 2. The molecule has 98 valence electrons. The second-order valence-corrected chi connectivity index (χ2v) is 6.34. The van der Waals surface area contributed by atoms with E-state index in [1.165, 1.54) is 6.92 Å². The van der Waals surface area contributed by atoms with Crippen molar-refractivity contribution in [3.05, 3.63) is 30.3 Å².